The van der Waals surface area contributed by atoms with Crippen molar-refractivity contribution in [3.05, 3.63) is 73.6 Å². The van der Waals surface area contributed by atoms with Gasteiger partial charge in [0.25, 0.3) is 17.4 Å². The van der Waals surface area contributed by atoms with E-state index >= 15 is 0 Å². The van der Waals surface area contributed by atoms with Crippen molar-refractivity contribution in [3.63, 3.8) is 0 Å². The van der Waals surface area contributed by atoms with Crippen LogP contribution in [-0.4, -0.2) is 37.4 Å². The normalized spacial score (nSPS) is 15.5. The number of hydrogen-bond acceptors (Lipinski definition) is 7. The number of aromatic amines is 1. The van der Waals surface area contributed by atoms with Gasteiger partial charge >= 0.3 is 11.7 Å². The minimum absolute atomic E-state index is 0.0648. The van der Waals surface area contributed by atoms with Gasteiger partial charge in [-0.1, -0.05) is 17.2 Å². The second-order valence-corrected chi connectivity index (χ2v) is 7.40. The fourth-order valence-corrected chi connectivity index (χ4v) is 3.72. The van der Waals surface area contributed by atoms with Gasteiger partial charge in [0.05, 0.1) is 22.1 Å². The van der Waals surface area contributed by atoms with Crippen LogP contribution < -0.4 is 11.2 Å². The number of amides is 2. The number of pyridine rings is 1. The quantitative estimate of drug-likeness (QED) is 0.630. The van der Waals surface area contributed by atoms with Crippen LogP contribution in [0.3, 0.4) is 0 Å². The van der Waals surface area contributed by atoms with E-state index in [1.165, 1.54) is 22.8 Å². The molecule has 156 valence electrons. The molecule has 1 fully saturated rings. The van der Waals surface area contributed by atoms with E-state index in [9.17, 15) is 24.0 Å². The summed E-state index contributed by atoms with van der Waals surface area (Å²) in [4.78, 5) is 74.7. The molecule has 0 bridgehead atoms. The molecule has 10 heteroatoms. The molecule has 10 nitrogen and oxygen atoms in total. The maximum Gasteiger partial charge on any atom is 0.364 e. The average molecular weight is 420 g/mol. The predicted octanol–water partition coefficient (Wildman–Crippen LogP) is 1.35. The monoisotopic (exact) mass is 420 g/mol. The Labute approximate surface area is 174 Å². The van der Waals surface area contributed by atoms with E-state index in [2.05, 4.69) is 9.97 Å². The van der Waals surface area contributed by atoms with Gasteiger partial charge in [-0.05, 0) is 38.0 Å². The largest absolute Gasteiger partial charge is 0.364 e. The number of rotatable bonds is 4. The minimum Gasteiger partial charge on any atom is -0.324 e. The number of H-pyrrole nitrogens is 1. The zero-order chi connectivity index (χ0) is 21.9. The van der Waals surface area contributed by atoms with Crippen LogP contribution in [0, 0.1) is 0 Å². The molecule has 2 aromatic heterocycles. The maximum absolute atomic E-state index is 13.1. The Hall–Kier alpha value is -4.08. The van der Waals surface area contributed by atoms with Crippen molar-refractivity contribution in [2.45, 2.75) is 32.2 Å². The van der Waals surface area contributed by atoms with Crippen LogP contribution in [0.15, 0.2) is 39.9 Å². The molecular formula is C21H16N4O6. The molecule has 1 saturated carbocycles. The third-order valence-corrected chi connectivity index (χ3v) is 5.43. The number of imide groups is 1. The molecule has 1 aliphatic heterocycles. The molecule has 0 spiro atoms. The van der Waals surface area contributed by atoms with E-state index in [0.717, 1.165) is 12.8 Å². The summed E-state index contributed by atoms with van der Waals surface area (Å²) in [6, 6.07) is 7.54. The summed E-state index contributed by atoms with van der Waals surface area (Å²) in [6.45, 7) is 1.93. The minimum atomic E-state index is -1.06. The fourth-order valence-electron chi connectivity index (χ4n) is 3.72. The van der Waals surface area contributed by atoms with Crippen LogP contribution >= 0.6 is 0 Å². The summed E-state index contributed by atoms with van der Waals surface area (Å²) < 4.78 is 1.25. The number of fused-ring (bicyclic) bond motifs is 2. The summed E-state index contributed by atoms with van der Waals surface area (Å²) in [5.41, 5.74) is -0.739. The van der Waals surface area contributed by atoms with Gasteiger partial charge in [-0.15, -0.1) is 0 Å². The third kappa shape index (κ3) is 2.87. The zero-order valence-corrected chi connectivity index (χ0v) is 16.4. The molecule has 0 radical (unpaired) electrons. The molecule has 0 atom stereocenters. The van der Waals surface area contributed by atoms with Crippen molar-refractivity contribution in [2.24, 2.45) is 0 Å². The number of nitrogens with one attached hydrogen (secondary N) is 1. The van der Waals surface area contributed by atoms with Gasteiger partial charge in [0.1, 0.15) is 0 Å². The van der Waals surface area contributed by atoms with E-state index in [-0.39, 0.29) is 40.2 Å². The molecule has 1 aromatic carbocycles. The van der Waals surface area contributed by atoms with Gasteiger partial charge in [-0.2, -0.15) is 0 Å². The molecule has 3 heterocycles. The van der Waals surface area contributed by atoms with Crippen molar-refractivity contribution in [3.8, 4) is 0 Å². The van der Waals surface area contributed by atoms with E-state index in [1.54, 1.807) is 19.1 Å². The van der Waals surface area contributed by atoms with Gasteiger partial charge < -0.3 is 4.84 Å². The topological polar surface area (TPSA) is 131 Å². The van der Waals surface area contributed by atoms with Gasteiger partial charge in [-0.3, -0.25) is 23.9 Å². The number of carbonyl (C=O) groups is 3. The molecule has 2 amide bonds. The highest BCUT2D eigenvalue weighted by Gasteiger charge is 2.39. The van der Waals surface area contributed by atoms with Gasteiger partial charge in [0.2, 0.25) is 0 Å². The molecule has 0 unspecified atom stereocenters. The lowest BCUT2D eigenvalue weighted by Crippen LogP contribution is -2.34. The molecule has 1 N–H and O–H groups in total. The summed E-state index contributed by atoms with van der Waals surface area (Å²) in [6.07, 6.45) is 1.73. The van der Waals surface area contributed by atoms with Crippen molar-refractivity contribution in [1.82, 2.24) is 19.6 Å². The highest BCUT2D eigenvalue weighted by Crippen LogP contribution is 2.40. The van der Waals surface area contributed by atoms with Gasteiger partial charge in [0, 0.05) is 18.2 Å². The molecule has 5 rings (SSSR count). The summed E-state index contributed by atoms with van der Waals surface area (Å²) >= 11 is 0. The SMILES string of the molecule is CCn1c(=O)[nH]c(=O)c2c(C(=O)ON3C(=O)c4ccccc4C3=O)cc(C3CC3)nc21. The maximum atomic E-state index is 13.1. The second-order valence-electron chi connectivity index (χ2n) is 7.40. The number of aryl methyl sites for hydroxylation is 1. The van der Waals surface area contributed by atoms with Crippen LogP contribution in [0.25, 0.3) is 11.0 Å². The first-order valence-corrected chi connectivity index (χ1v) is 9.78. The lowest BCUT2D eigenvalue weighted by molar-refractivity contribution is -0.0583. The summed E-state index contributed by atoms with van der Waals surface area (Å²) in [5.74, 6) is -2.49. The molecule has 0 saturated heterocycles. The highest BCUT2D eigenvalue weighted by molar-refractivity contribution is 6.21. The summed E-state index contributed by atoms with van der Waals surface area (Å²) in [5, 5.41) is 0.257. The Morgan fingerprint density at radius 2 is 1.77 bits per heavy atom. The number of nitrogens with zero attached hydrogens (tertiary/aromatic N) is 3. The molecule has 1 aliphatic carbocycles. The standard InChI is InChI=1S/C21H16N4O6/c1-2-24-16-15(17(26)23-21(24)30)13(9-14(22-16)10-7-8-10)20(29)31-25-18(27)11-5-3-4-6-12(11)19(25)28/h3-6,9-10H,2,7-8H2,1H3,(H,23,26,30). The molecule has 3 aromatic rings. The lowest BCUT2D eigenvalue weighted by atomic mass is 10.1. The average Bonchev–Trinajstić information content (AvgIpc) is 3.58. The second kappa shape index (κ2) is 6.73. The zero-order valence-electron chi connectivity index (χ0n) is 16.4. The Morgan fingerprint density at radius 1 is 1.13 bits per heavy atom. The highest BCUT2D eigenvalue weighted by atomic mass is 16.7. The first-order valence-electron chi connectivity index (χ1n) is 9.78. The summed E-state index contributed by atoms with van der Waals surface area (Å²) in [7, 11) is 0. The van der Waals surface area contributed by atoms with Crippen LogP contribution in [0.4, 0.5) is 0 Å². The first-order chi connectivity index (χ1) is 14.9. The van der Waals surface area contributed by atoms with Gasteiger partial charge in [-0.25, -0.2) is 14.6 Å². The van der Waals surface area contributed by atoms with Crippen LogP contribution in [0.1, 0.15) is 62.5 Å². The predicted molar refractivity (Wildman–Crippen MR) is 107 cm³/mol. The Bertz CT molecular complexity index is 1380. The van der Waals surface area contributed by atoms with E-state index < -0.39 is 29.0 Å². The molecular weight excluding hydrogens is 404 g/mol. The first kappa shape index (κ1) is 18.9. The number of hydroxylamine groups is 2. The lowest BCUT2D eigenvalue weighted by Gasteiger charge is -2.15. The number of carbonyl (C=O) groups excluding carboxylic acids is 3. The van der Waals surface area contributed by atoms with Crippen LogP contribution in [0.5, 0.6) is 0 Å². The van der Waals surface area contributed by atoms with Crippen molar-refractivity contribution >= 4 is 28.8 Å². The van der Waals surface area contributed by atoms with E-state index in [1.807, 2.05) is 0 Å². The fraction of sp³-hybridized carbons (Fsp3) is 0.238. The smallest absolute Gasteiger partial charge is 0.324 e. The van der Waals surface area contributed by atoms with E-state index in [0.29, 0.717) is 10.8 Å². The van der Waals surface area contributed by atoms with Crippen molar-refractivity contribution in [2.75, 3.05) is 0 Å². The molecule has 2 aliphatic rings. The Balaban J connectivity index is 1.63. The van der Waals surface area contributed by atoms with Crippen LogP contribution in [-0.2, 0) is 11.4 Å². The Kier molecular flexibility index (Phi) is 4.10. The number of aromatic nitrogens is 3. The van der Waals surface area contributed by atoms with Gasteiger partial charge in [0.15, 0.2) is 5.65 Å². The third-order valence-electron chi connectivity index (χ3n) is 5.43. The number of hydrogen-bond donors (Lipinski definition) is 1. The molecule has 31 heavy (non-hydrogen) atoms. The van der Waals surface area contributed by atoms with Crippen molar-refractivity contribution < 1.29 is 19.2 Å². The number of benzene rings is 1. The Morgan fingerprint density at radius 3 is 2.35 bits per heavy atom. The van der Waals surface area contributed by atoms with E-state index in [4.69, 9.17) is 4.84 Å². The van der Waals surface area contributed by atoms with Crippen LogP contribution in [0.2, 0.25) is 0 Å². The van der Waals surface area contributed by atoms with Crippen molar-refractivity contribution in [1.29, 1.82) is 0 Å².